The predicted molar refractivity (Wildman–Crippen MR) is 86.1 cm³/mol. The molecular formula is C15H22N2O5S. The SMILES string of the molecule is COc1ccc(NC(C)=O)cc1S(=O)(=O)N1CC(C)OC(C)C1. The number of rotatable bonds is 4. The number of carbonyl (C=O) groups is 1. The fourth-order valence-corrected chi connectivity index (χ4v) is 4.40. The van der Waals surface area contributed by atoms with Crippen molar-refractivity contribution in [1.82, 2.24) is 4.31 Å². The zero-order valence-electron chi connectivity index (χ0n) is 13.7. The molecule has 23 heavy (non-hydrogen) atoms. The number of hydrogen-bond donors (Lipinski definition) is 1. The van der Waals surface area contributed by atoms with E-state index in [0.29, 0.717) is 5.69 Å². The van der Waals surface area contributed by atoms with Gasteiger partial charge in [-0.1, -0.05) is 0 Å². The van der Waals surface area contributed by atoms with Crippen LogP contribution in [-0.2, 0) is 19.6 Å². The van der Waals surface area contributed by atoms with Gasteiger partial charge < -0.3 is 14.8 Å². The molecule has 2 unspecified atom stereocenters. The standard InChI is InChI=1S/C15H22N2O5S/c1-10-8-17(9-11(2)22-10)23(19,20)15-7-13(16-12(3)18)5-6-14(15)21-4/h5-7,10-11H,8-9H2,1-4H3,(H,16,18). The van der Waals surface area contributed by atoms with Gasteiger partial charge in [0.15, 0.2) is 0 Å². The van der Waals surface area contributed by atoms with Crippen molar-refractivity contribution in [3.05, 3.63) is 18.2 Å². The van der Waals surface area contributed by atoms with Crippen molar-refractivity contribution in [3.8, 4) is 5.75 Å². The summed E-state index contributed by atoms with van der Waals surface area (Å²) in [6.07, 6.45) is -0.365. The van der Waals surface area contributed by atoms with Gasteiger partial charge in [0.25, 0.3) is 0 Å². The lowest BCUT2D eigenvalue weighted by molar-refractivity contribution is -0.114. The first-order valence-corrected chi connectivity index (χ1v) is 8.79. The Balaban J connectivity index is 2.42. The number of anilines is 1. The third-order valence-corrected chi connectivity index (χ3v) is 5.34. The van der Waals surface area contributed by atoms with Gasteiger partial charge in [-0.25, -0.2) is 8.42 Å². The summed E-state index contributed by atoms with van der Waals surface area (Å²) >= 11 is 0. The molecule has 0 spiro atoms. The zero-order valence-corrected chi connectivity index (χ0v) is 14.5. The second kappa shape index (κ2) is 6.86. The highest BCUT2D eigenvalue weighted by atomic mass is 32.2. The summed E-state index contributed by atoms with van der Waals surface area (Å²) in [7, 11) is -2.34. The van der Waals surface area contributed by atoms with Gasteiger partial charge in [-0.05, 0) is 32.0 Å². The van der Waals surface area contributed by atoms with Gasteiger partial charge in [0, 0.05) is 25.7 Å². The first-order valence-electron chi connectivity index (χ1n) is 7.35. The number of sulfonamides is 1. The van der Waals surface area contributed by atoms with Gasteiger partial charge in [-0.3, -0.25) is 4.79 Å². The Morgan fingerprint density at radius 2 is 1.91 bits per heavy atom. The average Bonchev–Trinajstić information content (AvgIpc) is 2.45. The molecular weight excluding hydrogens is 320 g/mol. The number of methoxy groups -OCH3 is 1. The normalized spacial score (nSPS) is 22.6. The molecule has 128 valence electrons. The highest BCUT2D eigenvalue weighted by Crippen LogP contribution is 2.31. The Kier molecular flexibility index (Phi) is 5.28. The van der Waals surface area contributed by atoms with Crippen LogP contribution in [0, 0.1) is 0 Å². The van der Waals surface area contributed by atoms with Crippen molar-refractivity contribution in [1.29, 1.82) is 0 Å². The molecule has 2 atom stereocenters. The molecule has 1 N–H and O–H groups in total. The van der Waals surface area contributed by atoms with Crippen molar-refractivity contribution < 1.29 is 22.7 Å². The maximum atomic E-state index is 13.0. The Morgan fingerprint density at radius 3 is 2.43 bits per heavy atom. The molecule has 7 nitrogen and oxygen atoms in total. The topological polar surface area (TPSA) is 84.9 Å². The first-order chi connectivity index (χ1) is 10.7. The minimum absolute atomic E-state index is 0.0348. The van der Waals surface area contributed by atoms with Crippen molar-refractivity contribution >= 4 is 21.6 Å². The summed E-state index contributed by atoms with van der Waals surface area (Å²) in [5.41, 5.74) is 0.409. The van der Waals surface area contributed by atoms with E-state index in [4.69, 9.17) is 9.47 Å². The van der Waals surface area contributed by atoms with Gasteiger partial charge in [0.05, 0.1) is 19.3 Å². The van der Waals surface area contributed by atoms with Gasteiger partial charge in [0.2, 0.25) is 15.9 Å². The van der Waals surface area contributed by atoms with Crippen LogP contribution in [0.4, 0.5) is 5.69 Å². The minimum atomic E-state index is -3.75. The molecule has 0 aromatic heterocycles. The number of nitrogens with one attached hydrogen (secondary N) is 1. The van der Waals surface area contributed by atoms with Crippen LogP contribution in [0.5, 0.6) is 5.75 Å². The number of hydrogen-bond acceptors (Lipinski definition) is 5. The van der Waals surface area contributed by atoms with Crippen LogP contribution in [0.15, 0.2) is 23.1 Å². The van der Waals surface area contributed by atoms with E-state index in [9.17, 15) is 13.2 Å². The van der Waals surface area contributed by atoms with E-state index < -0.39 is 10.0 Å². The number of amides is 1. The fourth-order valence-electron chi connectivity index (χ4n) is 2.63. The van der Waals surface area contributed by atoms with Gasteiger partial charge >= 0.3 is 0 Å². The molecule has 1 saturated heterocycles. The van der Waals surface area contributed by atoms with Crippen LogP contribution in [0.1, 0.15) is 20.8 Å². The molecule has 1 aromatic carbocycles. The summed E-state index contributed by atoms with van der Waals surface area (Å²) in [5.74, 6) is -0.0296. The Hall–Kier alpha value is -1.64. The number of carbonyl (C=O) groups excluding carboxylic acids is 1. The molecule has 1 aliphatic rings. The van der Waals surface area contributed by atoms with Crippen LogP contribution in [0.2, 0.25) is 0 Å². The van der Waals surface area contributed by atoms with Crippen LogP contribution in [-0.4, -0.2) is 51.0 Å². The summed E-state index contributed by atoms with van der Waals surface area (Å²) < 4.78 is 38.1. The molecule has 0 aliphatic carbocycles. The molecule has 1 amide bonds. The van der Waals surface area contributed by atoms with Crippen LogP contribution >= 0.6 is 0 Å². The highest BCUT2D eigenvalue weighted by molar-refractivity contribution is 7.89. The summed E-state index contributed by atoms with van der Waals surface area (Å²) in [4.78, 5) is 11.2. The second-order valence-corrected chi connectivity index (χ2v) is 7.53. The third kappa shape index (κ3) is 4.01. The smallest absolute Gasteiger partial charge is 0.247 e. The number of nitrogens with zero attached hydrogens (tertiary/aromatic N) is 1. The van der Waals surface area contributed by atoms with E-state index in [2.05, 4.69) is 5.32 Å². The number of benzene rings is 1. The van der Waals surface area contributed by atoms with Crippen LogP contribution in [0.3, 0.4) is 0 Å². The maximum Gasteiger partial charge on any atom is 0.247 e. The molecule has 1 aromatic rings. The first kappa shape index (κ1) is 17.7. The van der Waals surface area contributed by atoms with E-state index in [1.807, 2.05) is 13.8 Å². The van der Waals surface area contributed by atoms with E-state index >= 15 is 0 Å². The van der Waals surface area contributed by atoms with E-state index in [-0.39, 0.29) is 41.8 Å². The molecule has 1 aliphatic heterocycles. The van der Waals surface area contributed by atoms with Crippen molar-refractivity contribution in [2.24, 2.45) is 0 Å². The molecule has 2 rings (SSSR count). The molecule has 1 heterocycles. The van der Waals surface area contributed by atoms with Crippen molar-refractivity contribution in [3.63, 3.8) is 0 Å². The zero-order chi connectivity index (χ0) is 17.2. The number of ether oxygens (including phenoxy) is 2. The predicted octanol–water partition coefficient (Wildman–Crippen LogP) is 1.45. The van der Waals surface area contributed by atoms with Crippen molar-refractivity contribution in [2.45, 2.75) is 37.9 Å². The van der Waals surface area contributed by atoms with Crippen molar-refractivity contribution in [2.75, 3.05) is 25.5 Å². The van der Waals surface area contributed by atoms with Gasteiger partial charge in [-0.2, -0.15) is 4.31 Å². The lowest BCUT2D eigenvalue weighted by atomic mass is 10.3. The van der Waals surface area contributed by atoms with Crippen LogP contribution < -0.4 is 10.1 Å². The summed E-state index contributed by atoms with van der Waals surface area (Å²) in [5, 5.41) is 2.59. The fraction of sp³-hybridized carbons (Fsp3) is 0.533. The molecule has 0 saturated carbocycles. The average molecular weight is 342 g/mol. The Morgan fingerprint density at radius 1 is 1.30 bits per heavy atom. The number of morpholine rings is 1. The quantitative estimate of drug-likeness (QED) is 0.895. The molecule has 1 fully saturated rings. The Bertz CT molecular complexity index is 679. The van der Waals surface area contributed by atoms with Crippen LogP contribution in [0.25, 0.3) is 0 Å². The molecule has 0 bridgehead atoms. The minimum Gasteiger partial charge on any atom is -0.495 e. The molecule has 8 heteroatoms. The molecule has 0 radical (unpaired) electrons. The third-order valence-electron chi connectivity index (χ3n) is 3.49. The maximum absolute atomic E-state index is 13.0. The largest absolute Gasteiger partial charge is 0.495 e. The lowest BCUT2D eigenvalue weighted by Crippen LogP contribution is -2.48. The summed E-state index contributed by atoms with van der Waals surface area (Å²) in [6.45, 7) is 5.59. The van der Waals surface area contributed by atoms with Gasteiger partial charge in [0.1, 0.15) is 10.6 Å². The van der Waals surface area contributed by atoms with Gasteiger partial charge in [-0.15, -0.1) is 0 Å². The second-order valence-electron chi connectivity index (χ2n) is 5.63. The van der Waals surface area contributed by atoms with E-state index in [0.717, 1.165) is 0 Å². The highest BCUT2D eigenvalue weighted by Gasteiger charge is 2.34. The Labute approximate surface area is 136 Å². The van der Waals surface area contributed by atoms with E-state index in [1.165, 1.54) is 30.5 Å². The summed E-state index contributed by atoms with van der Waals surface area (Å²) in [6, 6.07) is 4.55. The lowest BCUT2D eigenvalue weighted by Gasteiger charge is -2.34. The monoisotopic (exact) mass is 342 g/mol. The van der Waals surface area contributed by atoms with E-state index in [1.54, 1.807) is 6.07 Å².